The van der Waals surface area contributed by atoms with Gasteiger partial charge in [0.2, 0.25) is 15.9 Å². The van der Waals surface area contributed by atoms with Crippen molar-refractivity contribution >= 4 is 33.2 Å². The highest BCUT2D eigenvalue weighted by Gasteiger charge is 2.12. The van der Waals surface area contributed by atoms with Crippen LogP contribution < -0.4 is 10.5 Å². The maximum atomic E-state index is 11.5. The van der Waals surface area contributed by atoms with Crippen molar-refractivity contribution in [2.75, 3.05) is 19.0 Å². The minimum absolute atomic E-state index is 0.117. The molecular weight excluding hydrogens is 280 g/mol. The van der Waals surface area contributed by atoms with E-state index in [-0.39, 0.29) is 34.5 Å². The highest BCUT2D eigenvalue weighted by molar-refractivity contribution is 7.89. The third kappa shape index (κ3) is 4.26. The van der Waals surface area contributed by atoms with Crippen molar-refractivity contribution in [2.45, 2.75) is 11.3 Å². The van der Waals surface area contributed by atoms with Gasteiger partial charge in [-0.15, -0.1) is 0 Å². The van der Waals surface area contributed by atoms with Crippen molar-refractivity contribution < 1.29 is 17.9 Å². The van der Waals surface area contributed by atoms with E-state index in [0.29, 0.717) is 0 Å². The number of nitrogens with two attached hydrogens (primary N) is 1. The Hall–Kier alpha value is -1.15. The normalized spacial score (nSPS) is 11.3. The molecule has 0 saturated carbocycles. The van der Waals surface area contributed by atoms with Gasteiger partial charge >= 0.3 is 0 Å². The Bertz CT molecular complexity index is 545. The number of benzene rings is 1. The number of ether oxygens (including phenoxy) is 1. The summed E-state index contributed by atoms with van der Waals surface area (Å²) >= 11 is 5.84. The summed E-state index contributed by atoms with van der Waals surface area (Å²) in [6.07, 6.45) is 0.145. The van der Waals surface area contributed by atoms with E-state index in [0.717, 1.165) is 0 Å². The predicted octanol–water partition coefficient (Wildman–Crippen LogP) is 0.962. The van der Waals surface area contributed by atoms with Crippen LogP contribution in [0.1, 0.15) is 6.42 Å². The van der Waals surface area contributed by atoms with Gasteiger partial charge in [0.1, 0.15) is 0 Å². The largest absolute Gasteiger partial charge is 0.384 e. The first-order valence-electron chi connectivity index (χ1n) is 4.95. The van der Waals surface area contributed by atoms with Crippen LogP contribution in [0.15, 0.2) is 23.1 Å². The van der Waals surface area contributed by atoms with Crippen LogP contribution >= 0.6 is 11.6 Å². The van der Waals surface area contributed by atoms with Crippen molar-refractivity contribution in [1.29, 1.82) is 0 Å². The van der Waals surface area contributed by atoms with Crippen LogP contribution in [0.3, 0.4) is 0 Å². The second kappa shape index (κ2) is 6.14. The molecule has 1 rings (SSSR count). The summed E-state index contributed by atoms with van der Waals surface area (Å²) in [6, 6.07) is 3.83. The molecule has 0 aromatic heterocycles. The van der Waals surface area contributed by atoms with E-state index in [4.69, 9.17) is 21.5 Å². The van der Waals surface area contributed by atoms with Crippen molar-refractivity contribution in [2.24, 2.45) is 5.14 Å². The van der Waals surface area contributed by atoms with Crippen LogP contribution in [0.2, 0.25) is 5.02 Å². The maximum Gasteiger partial charge on any atom is 0.238 e. The highest BCUT2D eigenvalue weighted by Crippen LogP contribution is 2.24. The molecule has 0 heterocycles. The fraction of sp³-hybridized carbons (Fsp3) is 0.300. The van der Waals surface area contributed by atoms with Gasteiger partial charge in [-0.25, -0.2) is 13.6 Å². The van der Waals surface area contributed by atoms with Gasteiger partial charge in [0.05, 0.1) is 28.6 Å². The number of anilines is 1. The van der Waals surface area contributed by atoms with Gasteiger partial charge in [-0.2, -0.15) is 0 Å². The monoisotopic (exact) mass is 292 g/mol. The molecule has 0 aliphatic heterocycles. The van der Waals surface area contributed by atoms with E-state index in [1.54, 1.807) is 0 Å². The van der Waals surface area contributed by atoms with E-state index in [9.17, 15) is 13.2 Å². The molecule has 100 valence electrons. The molecule has 0 saturated heterocycles. The first-order valence-corrected chi connectivity index (χ1v) is 6.88. The summed E-state index contributed by atoms with van der Waals surface area (Å²) in [6.45, 7) is 0.262. The summed E-state index contributed by atoms with van der Waals surface area (Å²) in [5.74, 6) is -0.328. The molecule has 1 aromatic rings. The fourth-order valence-electron chi connectivity index (χ4n) is 1.18. The quantitative estimate of drug-likeness (QED) is 0.844. The molecule has 1 amide bonds. The van der Waals surface area contributed by atoms with E-state index < -0.39 is 10.0 Å². The first kappa shape index (κ1) is 14.9. The summed E-state index contributed by atoms with van der Waals surface area (Å²) in [5, 5.41) is 7.70. The van der Waals surface area contributed by atoms with Crippen LogP contribution in [0.25, 0.3) is 0 Å². The van der Waals surface area contributed by atoms with Gasteiger partial charge in [-0.05, 0) is 18.2 Å². The first-order chi connectivity index (χ1) is 8.34. The standard InChI is InChI=1S/C10H13ClN2O4S/c1-17-5-4-10(14)13-9-6-7(18(12,15)16)2-3-8(9)11/h2-3,6H,4-5H2,1H3,(H,13,14)(H2,12,15,16). The molecule has 0 bridgehead atoms. The molecule has 3 N–H and O–H groups in total. The molecule has 6 nitrogen and oxygen atoms in total. The Morgan fingerprint density at radius 2 is 2.17 bits per heavy atom. The number of halogens is 1. The van der Waals surface area contributed by atoms with Crippen molar-refractivity contribution in [1.82, 2.24) is 0 Å². The summed E-state index contributed by atoms with van der Waals surface area (Å²) in [7, 11) is -2.36. The number of carbonyl (C=O) groups excluding carboxylic acids is 1. The number of hydrogen-bond donors (Lipinski definition) is 2. The molecule has 1 aromatic carbocycles. The Morgan fingerprint density at radius 1 is 1.50 bits per heavy atom. The molecule has 0 atom stereocenters. The predicted molar refractivity (Wildman–Crippen MR) is 67.9 cm³/mol. The maximum absolute atomic E-state index is 11.5. The lowest BCUT2D eigenvalue weighted by Crippen LogP contribution is -2.16. The number of rotatable bonds is 5. The molecule has 8 heteroatoms. The number of primary sulfonamides is 1. The van der Waals surface area contributed by atoms with Gasteiger partial charge in [-0.3, -0.25) is 4.79 Å². The average molecular weight is 293 g/mol. The van der Waals surface area contributed by atoms with Gasteiger partial charge in [0, 0.05) is 7.11 Å². The molecule has 0 fully saturated rings. The molecule has 0 unspecified atom stereocenters. The van der Waals surface area contributed by atoms with E-state index in [2.05, 4.69) is 5.32 Å². The lowest BCUT2D eigenvalue weighted by atomic mass is 10.3. The summed E-state index contributed by atoms with van der Waals surface area (Å²) < 4.78 is 27.1. The minimum atomic E-state index is -3.83. The number of methoxy groups -OCH3 is 1. The highest BCUT2D eigenvalue weighted by atomic mass is 35.5. The average Bonchev–Trinajstić information content (AvgIpc) is 2.28. The van der Waals surface area contributed by atoms with Gasteiger partial charge in [-0.1, -0.05) is 11.6 Å². The van der Waals surface area contributed by atoms with E-state index in [1.165, 1.54) is 25.3 Å². The topological polar surface area (TPSA) is 98.5 Å². The fourth-order valence-corrected chi connectivity index (χ4v) is 1.89. The zero-order valence-electron chi connectivity index (χ0n) is 9.64. The number of sulfonamides is 1. The zero-order chi connectivity index (χ0) is 13.8. The van der Waals surface area contributed by atoms with Gasteiger partial charge in [0.25, 0.3) is 0 Å². The van der Waals surface area contributed by atoms with E-state index in [1.807, 2.05) is 0 Å². The zero-order valence-corrected chi connectivity index (χ0v) is 11.2. The van der Waals surface area contributed by atoms with Gasteiger partial charge < -0.3 is 10.1 Å². The smallest absolute Gasteiger partial charge is 0.238 e. The SMILES string of the molecule is COCCC(=O)Nc1cc(S(N)(=O)=O)ccc1Cl. The third-order valence-electron chi connectivity index (χ3n) is 2.07. The molecule has 0 aliphatic carbocycles. The van der Waals surface area contributed by atoms with Crippen LogP contribution in [0, 0.1) is 0 Å². The Balaban J connectivity index is 2.92. The van der Waals surface area contributed by atoms with Crippen LogP contribution in [-0.4, -0.2) is 28.0 Å². The van der Waals surface area contributed by atoms with Crippen LogP contribution in [0.4, 0.5) is 5.69 Å². The van der Waals surface area contributed by atoms with Crippen molar-refractivity contribution in [3.8, 4) is 0 Å². The van der Waals surface area contributed by atoms with Crippen molar-refractivity contribution in [3.63, 3.8) is 0 Å². The Morgan fingerprint density at radius 3 is 2.72 bits per heavy atom. The van der Waals surface area contributed by atoms with Gasteiger partial charge in [0.15, 0.2) is 0 Å². The summed E-state index contributed by atoms with van der Waals surface area (Å²) in [4.78, 5) is 11.3. The summed E-state index contributed by atoms with van der Waals surface area (Å²) in [5.41, 5.74) is 0.198. The van der Waals surface area contributed by atoms with Crippen LogP contribution in [-0.2, 0) is 19.6 Å². The third-order valence-corrected chi connectivity index (χ3v) is 3.31. The Labute approximate surface area is 110 Å². The molecule has 18 heavy (non-hydrogen) atoms. The molecule has 0 spiro atoms. The lowest BCUT2D eigenvalue weighted by Gasteiger charge is -2.08. The van der Waals surface area contributed by atoms with Crippen molar-refractivity contribution in [3.05, 3.63) is 23.2 Å². The van der Waals surface area contributed by atoms with Crippen LogP contribution in [0.5, 0.6) is 0 Å². The number of nitrogens with one attached hydrogen (secondary N) is 1. The molecule has 0 aliphatic rings. The second-order valence-corrected chi connectivity index (χ2v) is 5.45. The minimum Gasteiger partial charge on any atom is -0.384 e. The number of amides is 1. The molecule has 0 radical (unpaired) electrons. The lowest BCUT2D eigenvalue weighted by molar-refractivity contribution is -0.117. The number of carbonyl (C=O) groups is 1. The molecular formula is C10H13ClN2O4S. The van der Waals surface area contributed by atoms with E-state index >= 15 is 0 Å². The second-order valence-electron chi connectivity index (χ2n) is 3.48. The Kier molecular flexibility index (Phi) is 5.09. The number of hydrogen-bond acceptors (Lipinski definition) is 4.